The monoisotopic (exact) mass is 266 g/mol. The van der Waals surface area contributed by atoms with Crippen molar-refractivity contribution in [1.29, 1.82) is 0 Å². The molecule has 0 radical (unpaired) electrons. The largest absolute Gasteiger partial charge is 0.425 e. The van der Waals surface area contributed by atoms with Crippen molar-refractivity contribution < 1.29 is 19.4 Å². The normalized spacial score (nSPS) is 49.1. The number of methoxy groups -OCH3 is 1. The summed E-state index contributed by atoms with van der Waals surface area (Å²) < 4.78 is 11.0. The topological polar surface area (TPSA) is 55.8 Å². The number of ether oxygens (including phenoxy) is 2. The van der Waals surface area contributed by atoms with Gasteiger partial charge in [0.25, 0.3) is 0 Å². The molecule has 2 fully saturated rings. The van der Waals surface area contributed by atoms with Crippen LogP contribution in [0.3, 0.4) is 0 Å². The molecule has 0 amide bonds. The number of carbonyl (C=O) groups is 1. The predicted octanol–water partition coefficient (Wildman–Crippen LogP) is 2.16. The molecule has 1 aliphatic heterocycles. The molecule has 3 aliphatic rings. The Bertz CT molecular complexity index is 483. The molecular formula is C15H22O4. The maximum atomic E-state index is 11.9. The zero-order chi connectivity index (χ0) is 14.1. The van der Waals surface area contributed by atoms with Gasteiger partial charge in [0.05, 0.1) is 5.60 Å². The summed E-state index contributed by atoms with van der Waals surface area (Å²) in [6.07, 6.45) is 2.79. The van der Waals surface area contributed by atoms with E-state index in [1.54, 1.807) is 14.0 Å². The van der Waals surface area contributed by atoms with E-state index < -0.39 is 11.4 Å². The Morgan fingerprint density at radius 1 is 1.47 bits per heavy atom. The molecule has 106 valence electrons. The third-order valence-electron chi connectivity index (χ3n) is 6.02. The fraction of sp³-hybridized carbons (Fsp3) is 0.800. The SMILES string of the molecule is CO[C@@]12C[C@@]3(O)CC[C@H](C)[C@@]3(C)CC1=C(C)C(=O)O2. The minimum Gasteiger partial charge on any atom is -0.425 e. The molecule has 4 heteroatoms. The Morgan fingerprint density at radius 3 is 2.79 bits per heavy atom. The first-order valence-corrected chi connectivity index (χ1v) is 6.99. The van der Waals surface area contributed by atoms with Gasteiger partial charge in [-0.1, -0.05) is 13.8 Å². The summed E-state index contributed by atoms with van der Waals surface area (Å²) in [5.41, 5.74) is 0.585. The molecule has 1 heterocycles. The highest BCUT2D eigenvalue weighted by Gasteiger charge is 2.66. The minimum atomic E-state index is -1.03. The molecule has 4 atom stereocenters. The van der Waals surface area contributed by atoms with Crippen LogP contribution in [-0.4, -0.2) is 29.6 Å². The van der Waals surface area contributed by atoms with E-state index in [1.807, 2.05) is 0 Å². The fourth-order valence-corrected chi connectivity index (χ4v) is 4.24. The van der Waals surface area contributed by atoms with Crippen molar-refractivity contribution in [3.8, 4) is 0 Å². The van der Waals surface area contributed by atoms with E-state index in [0.29, 0.717) is 24.3 Å². The lowest BCUT2D eigenvalue weighted by atomic mass is 9.59. The van der Waals surface area contributed by atoms with E-state index in [-0.39, 0.29) is 11.4 Å². The van der Waals surface area contributed by atoms with Crippen molar-refractivity contribution in [1.82, 2.24) is 0 Å². The maximum Gasteiger partial charge on any atom is 0.336 e. The molecular weight excluding hydrogens is 244 g/mol. The van der Waals surface area contributed by atoms with E-state index >= 15 is 0 Å². The highest BCUT2D eigenvalue weighted by Crippen LogP contribution is 2.63. The second kappa shape index (κ2) is 3.61. The fourth-order valence-electron chi connectivity index (χ4n) is 4.24. The van der Waals surface area contributed by atoms with Crippen molar-refractivity contribution in [2.75, 3.05) is 7.11 Å². The Morgan fingerprint density at radius 2 is 2.16 bits per heavy atom. The second-order valence-electron chi connectivity index (χ2n) is 6.69. The molecule has 2 aliphatic carbocycles. The van der Waals surface area contributed by atoms with E-state index in [0.717, 1.165) is 18.4 Å². The van der Waals surface area contributed by atoms with Gasteiger partial charge >= 0.3 is 5.97 Å². The highest BCUT2D eigenvalue weighted by molar-refractivity contribution is 5.92. The lowest BCUT2D eigenvalue weighted by molar-refractivity contribution is -0.239. The lowest BCUT2D eigenvalue weighted by Gasteiger charge is -2.51. The maximum absolute atomic E-state index is 11.9. The van der Waals surface area contributed by atoms with E-state index in [2.05, 4.69) is 13.8 Å². The quantitative estimate of drug-likeness (QED) is 0.739. The summed E-state index contributed by atoms with van der Waals surface area (Å²) in [6, 6.07) is 0. The first-order chi connectivity index (χ1) is 8.78. The van der Waals surface area contributed by atoms with Crippen LogP contribution in [0.25, 0.3) is 0 Å². The summed E-state index contributed by atoms with van der Waals surface area (Å²) in [5.74, 6) is -0.903. The van der Waals surface area contributed by atoms with Gasteiger partial charge in [0.15, 0.2) is 0 Å². The van der Waals surface area contributed by atoms with Crippen LogP contribution in [0, 0.1) is 11.3 Å². The summed E-state index contributed by atoms with van der Waals surface area (Å²) in [6.45, 7) is 6.12. The standard InChI is InChI=1S/C15H22O4/c1-9-5-6-14(17)8-15(18-4)11(7-13(9,14)3)10(2)12(16)19-15/h9,17H,5-8H2,1-4H3/t9-,13+,14-,15+/m0/s1. The number of fused-ring (bicyclic) bond motifs is 2. The van der Waals surface area contributed by atoms with Gasteiger partial charge in [-0.3, -0.25) is 0 Å². The minimum absolute atomic E-state index is 0.195. The Labute approximate surface area is 113 Å². The molecule has 19 heavy (non-hydrogen) atoms. The average Bonchev–Trinajstić information content (AvgIpc) is 2.73. The van der Waals surface area contributed by atoms with Gasteiger partial charge in [0.2, 0.25) is 5.79 Å². The van der Waals surface area contributed by atoms with Gasteiger partial charge in [-0.15, -0.1) is 0 Å². The molecule has 0 bridgehead atoms. The first-order valence-electron chi connectivity index (χ1n) is 6.99. The van der Waals surface area contributed by atoms with Crippen molar-refractivity contribution in [3.63, 3.8) is 0 Å². The molecule has 0 spiro atoms. The smallest absolute Gasteiger partial charge is 0.336 e. The van der Waals surface area contributed by atoms with E-state index in [1.165, 1.54) is 0 Å². The van der Waals surface area contributed by atoms with Crippen LogP contribution >= 0.6 is 0 Å². The molecule has 1 N–H and O–H groups in total. The van der Waals surface area contributed by atoms with Crippen LogP contribution in [0.1, 0.15) is 46.5 Å². The number of carbonyl (C=O) groups excluding carboxylic acids is 1. The average molecular weight is 266 g/mol. The number of hydrogen-bond acceptors (Lipinski definition) is 4. The zero-order valence-electron chi connectivity index (χ0n) is 12.1. The van der Waals surface area contributed by atoms with Gasteiger partial charge < -0.3 is 14.6 Å². The van der Waals surface area contributed by atoms with Crippen LogP contribution in [0.5, 0.6) is 0 Å². The second-order valence-corrected chi connectivity index (χ2v) is 6.69. The lowest BCUT2D eigenvalue weighted by Crippen LogP contribution is -2.57. The summed E-state index contributed by atoms with van der Waals surface area (Å²) in [4.78, 5) is 11.9. The van der Waals surface area contributed by atoms with Crippen LogP contribution in [0.4, 0.5) is 0 Å². The summed E-state index contributed by atoms with van der Waals surface area (Å²) in [7, 11) is 1.55. The van der Waals surface area contributed by atoms with E-state index in [4.69, 9.17) is 9.47 Å². The van der Waals surface area contributed by atoms with E-state index in [9.17, 15) is 9.90 Å². The zero-order valence-corrected chi connectivity index (χ0v) is 12.1. The van der Waals surface area contributed by atoms with Crippen molar-refractivity contribution >= 4 is 5.97 Å². The van der Waals surface area contributed by atoms with Crippen molar-refractivity contribution in [2.24, 2.45) is 11.3 Å². The van der Waals surface area contributed by atoms with Crippen LogP contribution < -0.4 is 0 Å². The number of esters is 1. The van der Waals surface area contributed by atoms with Crippen molar-refractivity contribution in [3.05, 3.63) is 11.1 Å². The third-order valence-corrected chi connectivity index (χ3v) is 6.02. The van der Waals surface area contributed by atoms with Crippen LogP contribution in [0.15, 0.2) is 11.1 Å². The van der Waals surface area contributed by atoms with Gasteiger partial charge in [0.1, 0.15) is 0 Å². The van der Waals surface area contributed by atoms with Crippen LogP contribution in [-0.2, 0) is 14.3 Å². The van der Waals surface area contributed by atoms with Crippen molar-refractivity contribution in [2.45, 2.75) is 57.8 Å². The van der Waals surface area contributed by atoms with Gasteiger partial charge in [-0.05, 0) is 32.1 Å². The first kappa shape index (κ1) is 13.1. The molecule has 2 saturated carbocycles. The Kier molecular flexibility index (Phi) is 2.50. The number of hydrogen-bond donors (Lipinski definition) is 1. The highest BCUT2D eigenvalue weighted by atomic mass is 16.7. The molecule has 0 aromatic carbocycles. The molecule has 3 rings (SSSR count). The molecule has 0 unspecified atom stereocenters. The number of aliphatic hydroxyl groups is 1. The molecule has 0 aromatic rings. The molecule has 4 nitrogen and oxygen atoms in total. The Balaban J connectivity index is 2.11. The predicted molar refractivity (Wildman–Crippen MR) is 69.2 cm³/mol. The van der Waals surface area contributed by atoms with Gasteiger partial charge in [-0.2, -0.15) is 0 Å². The van der Waals surface area contributed by atoms with Crippen LogP contribution in [0.2, 0.25) is 0 Å². The number of rotatable bonds is 1. The van der Waals surface area contributed by atoms with Gasteiger partial charge in [0, 0.05) is 30.1 Å². The summed E-state index contributed by atoms with van der Waals surface area (Å²) >= 11 is 0. The Hall–Kier alpha value is -0.870. The summed E-state index contributed by atoms with van der Waals surface area (Å²) in [5, 5.41) is 11.1. The molecule has 0 saturated heterocycles. The molecule has 0 aromatic heterocycles. The third kappa shape index (κ3) is 1.39. The van der Waals surface area contributed by atoms with Gasteiger partial charge in [-0.25, -0.2) is 4.79 Å².